The lowest BCUT2D eigenvalue weighted by atomic mass is 9.92. The van der Waals surface area contributed by atoms with E-state index in [9.17, 15) is 17.6 Å². The molecule has 0 saturated carbocycles. The standard InChI is InChI=1S/C12H17F4N3O/c1-11(2,3)7-4-8(17)19-9(18-7)5-20-6-12(15,16)10(13)14/h4,10H,5-6H2,1-3H3,(H2,17,18,19). The van der Waals surface area contributed by atoms with E-state index >= 15 is 0 Å². The molecule has 0 aromatic carbocycles. The van der Waals surface area contributed by atoms with Crippen LogP contribution < -0.4 is 5.73 Å². The van der Waals surface area contributed by atoms with Gasteiger partial charge in [0.05, 0.1) is 5.69 Å². The van der Waals surface area contributed by atoms with Gasteiger partial charge < -0.3 is 10.5 Å². The van der Waals surface area contributed by atoms with Gasteiger partial charge in [0.15, 0.2) is 5.82 Å². The first-order chi connectivity index (χ1) is 9.02. The van der Waals surface area contributed by atoms with Crippen LogP contribution in [0.1, 0.15) is 32.3 Å². The SMILES string of the molecule is CC(C)(C)c1cc(N)nc(COCC(F)(F)C(F)F)n1. The molecule has 0 spiro atoms. The molecule has 4 nitrogen and oxygen atoms in total. The number of nitrogen functional groups attached to an aromatic ring is 1. The van der Waals surface area contributed by atoms with E-state index in [1.165, 1.54) is 0 Å². The molecule has 2 N–H and O–H groups in total. The summed E-state index contributed by atoms with van der Waals surface area (Å²) in [6.45, 7) is 3.88. The highest BCUT2D eigenvalue weighted by Gasteiger charge is 2.41. The van der Waals surface area contributed by atoms with Gasteiger partial charge in [-0.3, -0.25) is 0 Å². The number of alkyl halides is 4. The molecule has 0 unspecified atom stereocenters. The summed E-state index contributed by atoms with van der Waals surface area (Å²) in [6.07, 6.45) is -3.77. The highest BCUT2D eigenvalue weighted by atomic mass is 19.3. The fraction of sp³-hybridized carbons (Fsp3) is 0.667. The van der Waals surface area contributed by atoms with Crippen LogP contribution in [-0.2, 0) is 16.8 Å². The molecule has 1 heterocycles. The summed E-state index contributed by atoms with van der Waals surface area (Å²) >= 11 is 0. The number of ether oxygens (including phenoxy) is 1. The van der Waals surface area contributed by atoms with E-state index in [2.05, 4.69) is 14.7 Å². The zero-order chi connectivity index (χ0) is 15.6. The second kappa shape index (κ2) is 5.90. The molecule has 1 aromatic rings. The van der Waals surface area contributed by atoms with E-state index in [-0.39, 0.29) is 17.1 Å². The Balaban J connectivity index is 2.72. The topological polar surface area (TPSA) is 61.0 Å². The van der Waals surface area contributed by atoms with Gasteiger partial charge in [0.2, 0.25) is 0 Å². The molecule has 0 saturated heterocycles. The Morgan fingerprint density at radius 3 is 2.35 bits per heavy atom. The smallest absolute Gasteiger partial charge is 0.330 e. The maximum Gasteiger partial charge on any atom is 0.330 e. The van der Waals surface area contributed by atoms with Crippen molar-refractivity contribution in [2.24, 2.45) is 0 Å². The van der Waals surface area contributed by atoms with Crippen LogP contribution in [0, 0.1) is 0 Å². The van der Waals surface area contributed by atoms with E-state index in [0.29, 0.717) is 5.69 Å². The first-order valence-corrected chi connectivity index (χ1v) is 5.90. The van der Waals surface area contributed by atoms with Gasteiger partial charge in [-0.25, -0.2) is 18.7 Å². The average molecular weight is 295 g/mol. The molecule has 1 rings (SSSR count). The quantitative estimate of drug-likeness (QED) is 0.849. The van der Waals surface area contributed by atoms with E-state index in [4.69, 9.17) is 5.73 Å². The molecule has 20 heavy (non-hydrogen) atoms. The number of rotatable bonds is 5. The molecule has 0 aliphatic rings. The highest BCUT2D eigenvalue weighted by molar-refractivity contribution is 5.32. The second-order valence-corrected chi connectivity index (χ2v) is 5.40. The molecule has 8 heteroatoms. The zero-order valence-corrected chi connectivity index (χ0v) is 11.5. The lowest BCUT2D eigenvalue weighted by Crippen LogP contribution is -2.32. The normalized spacial score (nSPS) is 13.0. The lowest BCUT2D eigenvalue weighted by Gasteiger charge is -2.19. The monoisotopic (exact) mass is 295 g/mol. The Morgan fingerprint density at radius 1 is 1.25 bits per heavy atom. The predicted molar refractivity (Wildman–Crippen MR) is 65.8 cm³/mol. The van der Waals surface area contributed by atoms with Gasteiger partial charge in [0.25, 0.3) is 0 Å². The maximum atomic E-state index is 12.7. The number of nitrogens with zero attached hydrogens (tertiary/aromatic N) is 2. The fourth-order valence-corrected chi connectivity index (χ4v) is 1.31. The minimum absolute atomic E-state index is 0.0833. The molecule has 114 valence electrons. The van der Waals surface area contributed by atoms with Crippen molar-refractivity contribution in [3.05, 3.63) is 17.6 Å². The van der Waals surface area contributed by atoms with Crippen LogP contribution in [0.25, 0.3) is 0 Å². The van der Waals surface area contributed by atoms with Crippen molar-refractivity contribution in [1.29, 1.82) is 0 Å². The second-order valence-electron chi connectivity index (χ2n) is 5.40. The van der Waals surface area contributed by atoms with Gasteiger partial charge in [-0.2, -0.15) is 8.78 Å². The van der Waals surface area contributed by atoms with Crippen molar-refractivity contribution in [3.63, 3.8) is 0 Å². The van der Waals surface area contributed by atoms with Crippen molar-refractivity contribution in [3.8, 4) is 0 Å². The van der Waals surface area contributed by atoms with Gasteiger partial charge in [0, 0.05) is 11.5 Å². The van der Waals surface area contributed by atoms with Crippen molar-refractivity contribution in [1.82, 2.24) is 9.97 Å². The van der Waals surface area contributed by atoms with Crippen molar-refractivity contribution < 1.29 is 22.3 Å². The van der Waals surface area contributed by atoms with E-state index < -0.39 is 25.6 Å². The van der Waals surface area contributed by atoms with Crippen LogP contribution in [0.5, 0.6) is 0 Å². The Morgan fingerprint density at radius 2 is 1.85 bits per heavy atom. The minimum atomic E-state index is -4.19. The molecule has 0 aliphatic heterocycles. The van der Waals surface area contributed by atoms with Gasteiger partial charge in [-0.05, 0) is 0 Å². The Hall–Kier alpha value is -1.44. The molecule has 0 bridgehead atoms. The van der Waals surface area contributed by atoms with E-state index in [0.717, 1.165) is 0 Å². The number of hydrogen-bond acceptors (Lipinski definition) is 4. The maximum absolute atomic E-state index is 12.7. The van der Waals surface area contributed by atoms with Crippen molar-refractivity contribution in [2.75, 3.05) is 12.3 Å². The third-order valence-electron chi connectivity index (χ3n) is 2.41. The Kier molecular flexibility index (Phi) is 4.90. The van der Waals surface area contributed by atoms with Crippen LogP contribution >= 0.6 is 0 Å². The third-order valence-corrected chi connectivity index (χ3v) is 2.41. The summed E-state index contributed by atoms with van der Waals surface area (Å²) < 4.78 is 53.8. The van der Waals surface area contributed by atoms with Gasteiger partial charge in [-0.15, -0.1) is 0 Å². The first kappa shape index (κ1) is 16.6. The third kappa shape index (κ3) is 4.59. The van der Waals surface area contributed by atoms with Crippen LogP contribution in [0.4, 0.5) is 23.4 Å². The van der Waals surface area contributed by atoms with Crippen LogP contribution in [0.2, 0.25) is 0 Å². The van der Waals surface area contributed by atoms with Crippen molar-refractivity contribution in [2.45, 2.75) is 45.1 Å². The van der Waals surface area contributed by atoms with Gasteiger partial charge >= 0.3 is 12.3 Å². The molecular weight excluding hydrogens is 278 g/mol. The van der Waals surface area contributed by atoms with E-state index in [1.807, 2.05) is 20.8 Å². The molecule has 0 amide bonds. The summed E-state index contributed by atoms with van der Waals surface area (Å²) in [5, 5.41) is 0. The summed E-state index contributed by atoms with van der Waals surface area (Å²) in [5.74, 6) is -3.93. The Labute approximate surface area is 114 Å². The molecule has 0 atom stereocenters. The molecule has 1 aromatic heterocycles. The number of hydrogen-bond donors (Lipinski definition) is 1. The number of nitrogens with two attached hydrogens (primary N) is 1. The number of halogens is 4. The van der Waals surface area contributed by atoms with Crippen LogP contribution in [-0.4, -0.2) is 28.9 Å². The summed E-state index contributed by atoms with van der Waals surface area (Å²) in [6, 6.07) is 1.57. The predicted octanol–water partition coefficient (Wildman–Crippen LogP) is 2.77. The zero-order valence-electron chi connectivity index (χ0n) is 11.5. The number of aromatic nitrogens is 2. The minimum Gasteiger partial charge on any atom is -0.384 e. The molecular formula is C12H17F4N3O. The molecule has 0 radical (unpaired) electrons. The van der Waals surface area contributed by atoms with Crippen LogP contribution in [0.15, 0.2) is 6.07 Å². The van der Waals surface area contributed by atoms with Crippen molar-refractivity contribution >= 4 is 5.82 Å². The van der Waals surface area contributed by atoms with E-state index in [1.54, 1.807) is 6.07 Å². The average Bonchev–Trinajstić information content (AvgIpc) is 2.26. The van der Waals surface area contributed by atoms with Crippen LogP contribution in [0.3, 0.4) is 0 Å². The fourth-order valence-electron chi connectivity index (χ4n) is 1.31. The largest absolute Gasteiger partial charge is 0.384 e. The summed E-state index contributed by atoms with van der Waals surface area (Å²) in [7, 11) is 0. The Bertz CT molecular complexity index is 461. The van der Waals surface area contributed by atoms with Gasteiger partial charge in [0.1, 0.15) is 19.0 Å². The first-order valence-electron chi connectivity index (χ1n) is 5.90. The number of anilines is 1. The molecule has 0 aliphatic carbocycles. The van der Waals surface area contributed by atoms with Gasteiger partial charge in [-0.1, -0.05) is 20.8 Å². The highest BCUT2D eigenvalue weighted by Crippen LogP contribution is 2.24. The summed E-state index contributed by atoms with van der Waals surface area (Å²) in [5.41, 5.74) is 5.90. The molecule has 0 fully saturated rings. The lowest BCUT2D eigenvalue weighted by molar-refractivity contribution is -0.168. The summed E-state index contributed by atoms with van der Waals surface area (Å²) in [4.78, 5) is 7.94.